The van der Waals surface area contributed by atoms with Crippen molar-refractivity contribution < 1.29 is 19.1 Å². The molecule has 1 heterocycles. The largest absolute Gasteiger partial charge is 0.483 e. The van der Waals surface area contributed by atoms with Gasteiger partial charge in [0.1, 0.15) is 5.75 Å². The summed E-state index contributed by atoms with van der Waals surface area (Å²) in [7, 11) is 0. The third-order valence-corrected chi connectivity index (χ3v) is 4.62. The highest BCUT2D eigenvalue weighted by Crippen LogP contribution is 2.17. The zero-order chi connectivity index (χ0) is 21.3. The normalized spacial score (nSPS) is 13.3. The van der Waals surface area contributed by atoms with E-state index in [0.717, 1.165) is 25.9 Å². The highest BCUT2D eigenvalue weighted by atomic mass is 35.5. The van der Waals surface area contributed by atoms with Gasteiger partial charge in [-0.25, -0.2) is 5.43 Å². The third-order valence-electron chi connectivity index (χ3n) is 4.39. The lowest BCUT2D eigenvalue weighted by Crippen LogP contribution is -2.32. The summed E-state index contributed by atoms with van der Waals surface area (Å²) in [5.41, 5.74) is 3.11. The standard InChI is InChI=1S/C21H21ClN4O4/c22-16-7-5-8-17(12-16)24-20(28)21(29)25-23-13-15-6-1-2-9-18(15)30-14-19(27)26-10-3-4-11-26/h1-2,5-9,12-13H,3-4,10-11,14H2,(H,24,28)(H,25,29)/b23-13-. The highest BCUT2D eigenvalue weighted by molar-refractivity contribution is 6.39. The molecule has 2 aromatic rings. The van der Waals surface area contributed by atoms with E-state index in [0.29, 0.717) is 22.0 Å². The van der Waals surface area contributed by atoms with E-state index < -0.39 is 11.8 Å². The van der Waals surface area contributed by atoms with Gasteiger partial charge in [-0.05, 0) is 43.2 Å². The van der Waals surface area contributed by atoms with Crippen LogP contribution in [0.5, 0.6) is 5.75 Å². The van der Waals surface area contributed by atoms with Crippen molar-refractivity contribution in [3.8, 4) is 5.75 Å². The van der Waals surface area contributed by atoms with Gasteiger partial charge in [0.05, 0.1) is 6.21 Å². The number of ether oxygens (including phenoxy) is 1. The Morgan fingerprint density at radius 2 is 1.83 bits per heavy atom. The predicted molar refractivity (Wildman–Crippen MR) is 114 cm³/mol. The van der Waals surface area contributed by atoms with Crippen molar-refractivity contribution in [2.45, 2.75) is 12.8 Å². The molecule has 2 N–H and O–H groups in total. The Morgan fingerprint density at radius 1 is 1.07 bits per heavy atom. The van der Waals surface area contributed by atoms with Crippen molar-refractivity contribution in [2.24, 2.45) is 5.10 Å². The van der Waals surface area contributed by atoms with Gasteiger partial charge in [0.15, 0.2) is 6.61 Å². The first kappa shape index (κ1) is 21.3. The molecule has 1 aliphatic rings. The SMILES string of the molecule is O=C(N/N=C\c1ccccc1OCC(=O)N1CCCC1)C(=O)Nc1cccc(Cl)c1. The number of hydrazone groups is 1. The number of carbonyl (C=O) groups is 3. The molecule has 0 atom stereocenters. The van der Waals surface area contributed by atoms with Crippen molar-refractivity contribution in [1.82, 2.24) is 10.3 Å². The maximum absolute atomic E-state index is 12.1. The van der Waals surface area contributed by atoms with Gasteiger partial charge < -0.3 is 15.0 Å². The fourth-order valence-electron chi connectivity index (χ4n) is 2.88. The van der Waals surface area contributed by atoms with E-state index in [4.69, 9.17) is 16.3 Å². The van der Waals surface area contributed by atoms with Gasteiger partial charge in [0, 0.05) is 29.4 Å². The molecule has 2 aromatic carbocycles. The summed E-state index contributed by atoms with van der Waals surface area (Å²) in [5, 5.41) is 6.66. The Bertz CT molecular complexity index is 958. The molecule has 0 unspecified atom stereocenters. The minimum atomic E-state index is -0.936. The van der Waals surface area contributed by atoms with E-state index in [9.17, 15) is 14.4 Å². The fourth-order valence-corrected chi connectivity index (χ4v) is 3.07. The van der Waals surface area contributed by atoms with Crippen LogP contribution in [0.4, 0.5) is 5.69 Å². The fraction of sp³-hybridized carbons (Fsp3) is 0.238. The van der Waals surface area contributed by atoms with Crippen LogP contribution in [0.15, 0.2) is 53.6 Å². The number of likely N-dealkylation sites (tertiary alicyclic amines) is 1. The molecular weight excluding hydrogens is 408 g/mol. The number of hydrogen-bond acceptors (Lipinski definition) is 5. The van der Waals surface area contributed by atoms with Crippen LogP contribution in [0, 0.1) is 0 Å². The summed E-state index contributed by atoms with van der Waals surface area (Å²) in [5.74, 6) is -1.43. The molecule has 1 fully saturated rings. The third kappa shape index (κ3) is 6.05. The molecule has 8 nitrogen and oxygen atoms in total. The Kier molecular flexibility index (Phi) is 7.40. The van der Waals surface area contributed by atoms with Crippen LogP contribution >= 0.6 is 11.6 Å². The smallest absolute Gasteiger partial charge is 0.329 e. The molecular formula is C21H21ClN4O4. The van der Waals surface area contributed by atoms with Crippen LogP contribution in [0.3, 0.4) is 0 Å². The van der Waals surface area contributed by atoms with Gasteiger partial charge in [0.2, 0.25) is 0 Å². The van der Waals surface area contributed by atoms with Crippen molar-refractivity contribution in [2.75, 3.05) is 25.0 Å². The molecule has 0 aliphatic carbocycles. The molecule has 1 saturated heterocycles. The summed E-state index contributed by atoms with van der Waals surface area (Å²) >= 11 is 5.85. The first-order valence-corrected chi connectivity index (χ1v) is 9.80. The van der Waals surface area contributed by atoms with Crippen LogP contribution in [-0.2, 0) is 14.4 Å². The average molecular weight is 429 g/mol. The Balaban J connectivity index is 1.53. The average Bonchev–Trinajstić information content (AvgIpc) is 3.28. The molecule has 0 aromatic heterocycles. The van der Waals surface area contributed by atoms with E-state index in [1.165, 1.54) is 12.3 Å². The van der Waals surface area contributed by atoms with E-state index in [1.54, 1.807) is 47.4 Å². The summed E-state index contributed by atoms with van der Waals surface area (Å²) in [4.78, 5) is 37.8. The quantitative estimate of drug-likeness (QED) is 0.419. The van der Waals surface area contributed by atoms with Gasteiger partial charge in [-0.3, -0.25) is 14.4 Å². The lowest BCUT2D eigenvalue weighted by atomic mass is 10.2. The number of nitrogens with one attached hydrogen (secondary N) is 2. The molecule has 0 radical (unpaired) electrons. The van der Waals surface area contributed by atoms with Crippen LogP contribution in [-0.4, -0.2) is 48.5 Å². The van der Waals surface area contributed by atoms with Gasteiger partial charge in [-0.2, -0.15) is 5.10 Å². The van der Waals surface area contributed by atoms with Crippen LogP contribution in [0.1, 0.15) is 18.4 Å². The highest BCUT2D eigenvalue weighted by Gasteiger charge is 2.18. The zero-order valence-corrected chi connectivity index (χ0v) is 16.9. The second-order valence-electron chi connectivity index (χ2n) is 6.58. The first-order chi connectivity index (χ1) is 14.5. The van der Waals surface area contributed by atoms with Gasteiger partial charge >= 0.3 is 11.8 Å². The Morgan fingerprint density at radius 3 is 2.60 bits per heavy atom. The van der Waals surface area contributed by atoms with Crippen molar-refractivity contribution in [3.63, 3.8) is 0 Å². The number of carbonyl (C=O) groups excluding carboxylic acids is 3. The van der Waals surface area contributed by atoms with E-state index in [1.807, 2.05) is 0 Å². The molecule has 30 heavy (non-hydrogen) atoms. The van der Waals surface area contributed by atoms with E-state index in [-0.39, 0.29) is 12.5 Å². The number of anilines is 1. The molecule has 156 valence electrons. The van der Waals surface area contributed by atoms with E-state index in [2.05, 4.69) is 15.8 Å². The summed E-state index contributed by atoms with van der Waals surface area (Å²) in [6.07, 6.45) is 3.37. The summed E-state index contributed by atoms with van der Waals surface area (Å²) in [6.45, 7) is 1.45. The number of nitrogens with zero attached hydrogens (tertiary/aromatic N) is 2. The molecule has 3 amide bonds. The lowest BCUT2D eigenvalue weighted by Gasteiger charge is -2.16. The van der Waals surface area contributed by atoms with Crippen LogP contribution in [0.2, 0.25) is 5.02 Å². The maximum atomic E-state index is 12.1. The van der Waals surface area contributed by atoms with Crippen molar-refractivity contribution in [3.05, 3.63) is 59.1 Å². The zero-order valence-electron chi connectivity index (χ0n) is 16.1. The number of benzene rings is 2. The minimum Gasteiger partial charge on any atom is -0.483 e. The molecule has 9 heteroatoms. The summed E-state index contributed by atoms with van der Waals surface area (Å²) in [6, 6.07) is 13.4. The minimum absolute atomic E-state index is 0.0646. The molecule has 3 rings (SSSR count). The second kappa shape index (κ2) is 10.4. The topological polar surface area (TPSA) is 100 Å². The molecule has 1 aliphatic heterocycles. The number of halogens is 1. The first-order valence-electron chi connectivity index (χ1n) is 9.42. The van der Waals surface area contributed by atoms with Gasteiger partial charge in [-0.15, -0.1) is 0 Å². The number of hydrogen-bond donors (Lipinski definition) is 2. The Labute approximate surface area is 178 Å². The predicted octanol–water partition coefficient (Wildman–Crippen LogP) is 2.43. The molecule has 0 bridgehead atoms. The molecule has 0 saturated carbocycles. The van der Waals surface area contributed by atoms with Gasteiger partial charge in [0.25, 0.3) is 5.91 Å². The Hall–Kier alpha value is -3.39. The number of amides is 3. The number of rotatable bonds is 6. The van der Waals surface area contributed by atoms with Crippen LogP contribution in [0.25, 0.3) is 0 Å². The van der Waals surface area contributed by atoms with Crippen molar-refractivity contribution in [1.29, 1.82) is 0 Å². The summed E-state index contributed by atoms with van der Waals surface area (Å²) < 4.78 is 5.62. The van der Waals surface area contributed by atoms with E-state index >= 15 is 0 Å². The monoisotopic (exact) mass is 428 g/mol. The van der Waals surface area contributed by atoms with Crippen molar-refractivity contribution >= 4 is 41.2 Å². The second-order valence-corrected chi connectivity index (χ2v) is 7.01. The number of para-hydroxylation sites is 1. The lowest BCUT2D eigenvalue weighted by molar-refractivity contribution is -0.136. The maximum Gasteiger partial charge on any atom is 0.329 e. The van der Waals surface area contributed by atoms with Crippen LogP contribution < -0.4 is 15.5 Å². The molecule has 0 spiro atoms. The van der Waals surface area contributed by atoms with Gasteiger partial charge in [-0.1, -0.05) is 29.8 Å².